The molecule has 0 atom stereocenters. The third-order valence-corrected chi connectivity index (χ3v) is 5.29. The Bertz CT molecular complexity index is 658. The van der Waals surface area contributed by atoms with Gasteiger partial charge in [0.15, 0.2) is 0 Å². The SMILES string of the molecule is CCC(CC)(CC(C)=Nc1c(C)cccc1C)Cc1ccccc1. The van der Waals surface area contributed by atoms with Crippen LogP contribution in [0.25, 0.3) is 0 Å². The molecule has 0 unspecified atom stereocenters. The molecule has 0 fully saturated rings. The highest BCUT2D eigenvalue weighted by atomic mass is 14.8. The lowest BCUT2D eigenvalue weighted by molar-refractivity contribution is 0.271. The van der Waals surface area contributed by atoms with Gasteiger partial charge >= 0.3 is 0 Å². The Kier molecular flexibility index (Phi) is 6.36. The average Bonchev–Trinajstić information content (AvgIpc) is 2.58. The van der Waals surface area contributed by atoms with E-state index in [-0.39, 0.29) is 0 Å². The van der Waals surface area contributed by atoms with Gasteiger partial charge in [-0.3, -0.25) is 4.99 Å². The van der Waals surface area contributed by atoms with E-state index in [9.17, 15) is 0 Å². The van der Waals surface area contributed by atoms with Gasteiger partial charge in [0.2, 0.25) is 0 Å². The molecule has 0 bridgehead atoms. The van der Waals surface area contributed by atoms with Crippen LogP contribution in [0.3, 0.4) is 0 Å². The molecule has 2 rings (SSSR count). The summed E-state index contributed by atoms with van der Waals surface area (Å²) in [6, 6.07) is 17.3. The van der Waals surface area contributed by atoms with Crippen molar-refractivity contribution in [1.82, 2.24) is 0 Å². The average molecular weight is 322 g/mol. The zero-order valence-corrected chi connectivity index (χ0v) is 15.9. The number of nitrogens with zero attached hydrogens (tertiary/aromatic N) is 1. The Morgan fingerprint density at radius 2 is 1.46 bits per heavy atom. The third-order valence-electron chi connectivity index (χ3n) is 5.29. The van der Waals surface area contributed by atoms with Crippen LogP contribution in [-0.2, 0) is 6.42 Å². The van der Waals surface area contributed by atoms with Crippen molar-refractivity contribution >= 4 is 11.4 Å². The second-order valence-electron chi connectivity index (χ2n) is 7.13. The molecule has 0 saturated carbocycles. The highest BCUT2D eigenvalue weighted by Crippen LogP contribution is 2.36. The number of benzene rings is 2. The molecule has 0 aliphatic heterocycles. The van der Waals surface area contributed by atoms with Crippen LogP contribution in [0, 0.1) is 19.3 Å². The standard InChI is InChI=1S/C23H31N/c1-6-23(7-2,17-21-14-9-8-10-15-21)16-20(5)24-22-18(3)12-11-13-19(22)4/h8-15H,6-7,16-17H2,1-5H3. The predicted molar refractivity (Wildman–Crippen MR) is 106 cm³/mol. The lowest BCUT2D eigenvalue weighted by atomic mass is 9.73. The van der Waals surface area contributed by atoms with E-state index in [1.165, 1.54) is 35.2 Å². The van der Waals surface area contributed by atoms with Crippen molar-refractivity contribution in [2.24, 2.45) is 10.4 Å². The molecule has 0 amide bonds. The van der Waals surface area contributed by atoms with Gasteiger partial charge in [0.05, 0.1) is 5.69 Å². The van der Waals surface area contributed by atoms with E-state index in [2.05, 4.69) is 83.1 Å². The van der Waals surface area contributed by atoms with Gasteiger partial charge in [-0.05, 0) is 68.6 Å². The van der Waals surface area contributed by atoms with Gasteiger partial charge in [-0.25, -0.2) is 0 Å². The predicted octanol–water partition coefficient (Wildman–Crippen LogP) is 6.84. The smallest absolute Gasteiger partial charge is 0.0687 e. The first-order chi connectivity index (χ1) is 11.5. The van der Waals surface area contributed by atoms with Crippen molar-refractivity contribution < 1.29 is 0 Å². The number of hydrogen-bond donors (Lipinski definition) is 0. The minimum Gasteiger partial charge on any atom is -0.258 e. The maximum atomic E-state index is 5.00. The lowest BCUT2D eigenvalue weighted by Gasteiger charge is -2.32. The number of rotatable bonds is 7. The molecule has 0 aliphatic carbocycles. The first-order valence-corrected chi connectivity index (χ1v) is 9.14. The van der Waals surface area contributed by atoms with Gasteiger partial charge in [-0.1, -0.05) is 62.4 Å². The summed E-state index contributed by atoms with van der Waals surface area (Å²) in [4.78, 5) is 5.00. The summed E-state index contributed by atoms with van der Waals surface area (Å²) in [5.41, 5.74) is 6.64. The third kappa shape index (κ3) is 4.56. The van der Waals surface area contributed by atoms with E-state index in [1.807, 2.05) is 0 Å². The monoisotopic (exact) mass is 321 g/mol. The van der Waals surface area contributed by atoms with Crippen molar-refractivity contribution in [3.8, 4) is 0 Å². The zero-order chi connectivity index (χ0) is 17.6. The highest BCUT2D eigenvalue weighted by molar-refractivity contribution is 5.86. The van der Waals surface area contributed by atoms with Crippen LogP contribution in [0.4, 0.5) is 5.69 Å². The molecular formula is C23H31N. The molecule has 0 spiro atoms. The summed E-state index contributed by atoms with van der Waals surface area (Å²) in [7, 11) is 0. The van der Waals surface area contributed by atoms with E-state index >= 15 is 0 Å². The summed E-state index contributed by atoms with van der Waals surface area (Å²) in [5, 5.41) is 0. The van der Waals surface area contributed by atoms with E-state index in [1.54, 1.807) is 0 Å². The first kappa shape index (κ1) is 18.4. The lowest BCUT2D eigenvalue weighted by Crippen LogP contribution is -2.25. The molecule has 128 valence electrons. The summed E-state index contributed by atoms with van der Waals surface area (Å²) in [6.07, 6.45) is 4.54. The Hall–Kier alpha value is -1.89. The van der Waals surface area contributed by atoms with Crippen molar-refractivity contribution in [2.75, 3.05) is 0 Å². The Labute approximate surface area is 147 Å². The highest BCUT2D eigenvalue weighted by Gasteiger charge is 2.27. The van der Waals surface area contributed by atoms with Gasteiger partial charge in [-0.2, -0.15) is 0 Å². The van der Waals surface area contributed by atoms with Crippen LogP contribution in [0.1, 0.15) is 56.7 Å². The van der Waals surface area contributed by atoms with Crippen LogP contribution in [0.2, 0.25) is 0 Å². The van der Waals surface area contributed by atoms with Gasteiger partial charge in [0, 0.05) is 5.71 Å². The summed E-state index contributed by atoms with van der Waals surface area (Å²) < 4.78 is 0. The Balaban J connectivity index is 2.25. The van der Waals surface area contributed by atoms with Crippen molar-refractivity contribution in [2.45, 2.75) is 60.3 Å². The number of para-hydroxylation sites is 1. The molecule has 0 saturated heterocycles. The van der Waals surface area contributed by atoms with Crippen molar-refractivity contribution in [3.05, 3.63) is 65.2 Å². The second kappa shape index (κ2) is 8.28. The summed E-state index contributed by atoms with van der Waals surface area (Å²) in [5.74, 6) is 0. The molecule has 0 heterocycles. The Morgan fingerprint density at radius 1 is 0.875 bits per heavy atom. The molecule has 1 heteroatoms. The normalized spacial score (nSPS) is 12.5. The molecule has 0 N–H and O–H groups in total. The minimum absolute atomic E-state index is 0.297. The maximum Gasteiger partial charge on any atom is 0.0687 e. The van der Waals surface area contributed by atoms with Crippen molar-refractivity contribution in [1.29, 1.82) is 0 Å². The zero-order valence-electron chi connectivity index (χ0n) is 15.9. The quantitative estimate of drug-likeness (QED) is 0.495. The molecule has 0 aromatic heterocycles. The molecule has 2 aromatic carbocycles. The molecule has 2 aromatic rings. The van der Waals surface area contributed by atoms with Gasteiger partial charge in [0.25, 0.3) is 0 Å². The van der Waals surface area contributed by atoms with Crippen molar-refractivity contribution in [3.63, 3.8) is 0 Å². The van der Waals surface area contributed by atoms with Crippen LogP contribution in [0.15, 0.2) is 53.5 Å². The molecule has 1 nitrogen and oxygen atoms in total. The fourth-order valence-corrected chi connectivity index (χ4v) is 3.60. The summed E-state index contributed by atoms with van der Waals surface area (Å²) in [6.45, 7) is 11.1. The largest absolute Gasteiger partial charge is 0.258 e. The number of aliphatic imine (C=N–C) groups is 1. The summed E-state index contributed by atoms with van der Waals surface area (Å²) >= 11 is 0. The van der Waals surface area contributed by atoms with E-state index < -0.39 is 0 Å². The van der Waals surface area contributed by atoms with Crippen LogP contribution in [0.5, 0.6) is 0 Å². The van der Waals surface area contributed by atoms with E-state index in [4.69, 9.17) is 4.99 Å². The minimum atomic E-state index is 0.297. The van der Waals surface area contributed by atoms with E-state index in [0.717, 1.165) is 18.5 Å². The van der Waals surface area contributed by atoms with Gasteiger partial charge in [-0.15, -0.1) is 0 Å². The van der Waals surface area contributed by atoms with Gasteiger partial charge < -0.3 is 0 Å². The number of hydrogen-bond acceptors (Lipinski definition) is 1. The Morgan fingerprint density at radius 3 is 2.00 bits per heavy atom. The molecule has 24 heavy (non-hydrogen) atoms. The fraction of sp³-hybridized carbons (Fsp3) is 0.435. The molecule has 0 aliphatic rings. The second-order valence-corrected chi connectivity index (χ2v) is 7.13. The van der Waals surface area contributed by atoms with Gasteiger partial charge in [0.1, 0.15) is 0 Å². The van der Waals surface area contributed by atoms with E-state index in [0.29, 0.717) is 5.41 Å². The maximum absolute atomic E-state index is 5.00. The van der Waals surface area contributed by atoms with Crippen LogP contribution < -0.4 is 0 Å². The van der Waals surface area contributed by atoms with Crippen LogP contribution in [-0.4, -0.2) is 5.71 Å². The topological polar surface area (TPSA) is 12.4 Å². The molecular weight excluding hydrogens is 290 g/mol. The fourth-order valence-electron chi connectivity index (χ4n) is 3.60. The number of aryl methyl sites for hydroxylation is 2. The first-order valence-electron chi connectivity index (χ1n) is 9.14. The van der Waals surface area contributed by atoms with Crippen LogP contribution >= 0.6 is 0 Å². The molecule has 0 radical (unpaired) electrons.